The zero-order valence-corrected chi connectivity index (χ0v) is 13.8. The Morgan fingerprint density at radius 3 is 2.96 bits per heavy atom. The predicted molar refractivity (Wildman–Crippen MR) is 91.8 cm³/mol. The molecule has 8 heteroatoms. The number of aliphatic hydroxyl groups excluding tert-OH is 2. The molecule has 3 unspecified atom stereocenters. The average molecular weight is 335 g/mol. The smallest absolute Gasteiger partial charge is 0.167 e. The molecule has 0 radical (unpaired) electrons. The number of nitrogens with zero attached hydrogens (tertiary/aromatic N) is 4. The normalized spacial score (nSPS) is 24.9. The second-order valence-corrected chi connectivity index (χ2v) is 6.77. The van der Waals surface area contributed by atoms with E-state index in [1.165, 1.54) is 11.8 Å². The number of anilines is 1. The second kappa shape index (κ2) is 6.86. The summed E-state index contributed by atoms with van der Waals surface area (Å²) in [6.07, 6.45) is 7.13. The maximum absolute atomic E-state index is 10.1. The molecule has 0 bridgehead atoms. The molecule has 0 aromatic carbocycles. The van der Waals surface area contributed by atoms with Gasteiger partial charge < -0.3 is 15.9 Å². The van der Waals surface area contributed by atoms with Crippen LogP contribution in [0.4, 0.5) is 5.82 Å². The van der Waals surface area contributed by atoms with E-state index < -0.39 is 12.2 Å². The first-order valence-corrected chi connectivity index (χ1v) is 8.81. The molecule has 1 fully saturated rings. The van der Waals surface area contributed by atoms with E-state index >= 15 is 0 Å². The molecule has 2 aromatic heterocycles. The maximum atomic E-state index is 10.1. The van der Waals surface area contributed by atoms with Gasteiger partial charge in [-0.05, 0) is 12.5 Å². The summed E-state index contributed by atoms with van der Waals surface area (Å²) in [4.78, 5) is 13.0. The fourth-order valence-electron chi connectivity index (χ4n) is 2.56. The maximum Gasteiger partial charge on any atom is 0.167 e. The van der Waals surface area contributed by atoms with Crippen LogP contribution in [-0.2, 0) is 0 Å². The molecule has 124 valence electrons. The first-order chi connectivity index (χ1) is 11.1. The largest absolute Gasteiger partial charge is 0.389 e. The molecular weight excluding hydrogens is 314 g/mol. The number of imidazole rings is 1. The molecule has 2 aromatic rings. The first kappa shape index (κ1) is 16.2. The Morgan fingerprint density at radius 1 is 1.43 bits per heavy atom. The number of rotatable bonds is 5. The number of aromatic nitrogens is 4. The Labute approximate surface area is 138 Å². The number of unbranched alkanes of at least 4 members (excludes halogenated alkanes) is 2. The number of nitrogens with two attached hydrogens (primary N) is 1. The molecule has 4 N–H and O–H groups in total. The summed E-state index contributed by atoms with van der Waals surface area (Å²) in [7, 11) is 0. The van der Waals surface area contributed by atoms with Gasteiger partial charge in [0.2, 0.25) is 0 Å². The first-order valence-electron chi connectivity index (χ1n) is 7.76. The second-order valence-electron chi connectivity index (χ2n) is 5.62. The third-order valence-electron chi connectivity index (χ3n) is 3.86. The standard InChI is InChI=1S/C15H21N5O2S/c1-2-3-4-5-6-10-18-13(16)11-14(19-10)20(8-17-11)15-12(22)9(21)7-23-15/h5-6,8-9,12,15,21-22H,2-4,7H2,1H3,(H2,16,18,19). The number of allylic oxidation sites excluding steroid dienone is 1. The number of nitrogen functional groups attached to an aromatic ring is 1. The van der Waals surface area contributed by atoms with Crippen molar-refractivity contribution in [3.05, 3.63) is 18.2 Å². The Hall–Kier alpha value is -1.64. The zero-order chi connectivity index (χ0) is 16.4. The van der Waals surface area contributed by atoms with E-state index in [0.29, 0.717) is 28.6 Å². The van der Waals surface area contributed by atoms with Crippen molar-refractivity contribution >= 4 is 34.8 Å². The van der Waals surface area contributed by atoms with Crippen molar-refractivity contribution in [2.45, 2.75) is 43.8 Å². The lowest BCUT2D eigenvalue weighted by molar-refractivity contribution is 0.0313. The number of thioether (sulfide) groups is 1. The highest BCUT2D eigenvalue weighted by Gasteiger charge is 2.36. The van der Waals surface area contributed by atoms with Crippen LogP contribution in [0, 0.1) is 0 Å². The number of fused-ring (bicyclic) bond motifs is 1. The summed E-state index contributed by atoms with van der Waals surface area (Å²) in [5, 5.41) is 19.5. The van der Waals surface area contributed by atoms with Crippen LogP contribution in [0.5, 0.6) is 0 Å². The molecule has 0 aliphatic carbocycles. The SMILES string of the molecule is CCCCC=Cc1nc(N)c2ncn(C3SCC(O)C3O)c2n1. The van der Waals surface area contributed by atoms with E-state index in [9.17, 15) is 10.2 Å². The van der Waals surface area contributed by atoms with E-state index in [4.69, 9.17) is 5.73 Å². The van der Waals surface area contributed by atoms with Crippen LogP contribution in [0.25, 0.3) is 17.2 Å². The minimum Gasteiger partial charge on any atom is -0.389 e. The summed E-state index contributed by atoms with van der Waals surface area (Å²) in [6.45, 7) is 2.14. The quantitative estimate of drug-likeness (QED) is 0.711. The third kappa shape index (κ3) is 3.19. The van der Waals surface area contributed by atoms with Gasteiger partial charge in [0.1, 0.15) is 17.0 Å². The van der Waals surface area contributed by atoms with Crippen molar-refractivity contribution < 1.29 is 10.2 Å². The monoisotopic (exact) mass is 335 g/mol. The summed E-state index contributed by atoms with van der Waals surface area (Å²) in [5.74, 6) is 1.34. The van der Waals surface area contributed by atoms with Gasteiger partial charge >= 0.3 is 0 Å². The van der Waals surface area contributed by atoms with Gasteiger partial charge in [-0.2, -0.15) is 0 Å². The van der Waals surface area contributed by atoms with Crippen LogP contribution in [0.1, 0.15) is 37.4 Å². The topological polar surface area (TPSA) is 110 Å². The van der Waals surface area contributed by atoms with Crippen LogP contribution in [0.3, 0.4) is 0 Å². The van der Waals surface area contributed by atoms with Gasteiger partial charge in [-0.15, -0.1) is 11.8 Å². The number of hydrogen-bond acceptors (Lipinski definition) is 7. The molecule has 1 aliphatic rings. The molecule has 1 saturated heterocycles. The predicted octanol–water partition coefficient (Wildman–Crippen LogP) is 1.58. The minimum absolute atomic E-state index is 0.318. The van der Waals surface area contributed by atoms with Gasteiger partial charge in [0, 0.05) is 5.75 Å². The summed E-state index contributed by atoms with van der Waals surface area (Å²) < 4.78 is 1.77. The molecular formula is C15H21N5O2S. The molecule has 0 amide bonds. The molecule has 23 heavy (non-hydrogen) atoms. The Morgan fingerprint density at radius 2 is 2.26 bits per heavy atom. The molecule has 7 nitrogen and oxygen atoms in total. The van der Waals surface area contributed by atoms with Crippen LogP contribution in [0.2, 0.25) is 0 Å². The molecule has 0 spiro atoms. The highest BCUT2D eigenvalue weighted by molar-refractivity contribution is 7.99. The number of aliphatic hydroxyl groups is 2. The average Bonchev–Trinajstić information content (AvgIpc) is 3.09. The summed E-state index contributed by atoms with van der Waals surface area (Å²) in [6, 6.07) is 0. The van der Waals surface area contributed by atoms with Crippen molar-refractivity contribution in [1.29, 1.82) is 0 Å². The third-order valence-corrected chi connectivity index (χ3v) is 5.24. The highest BCUT2D eigenvalue weighted by atomic mass is 32.2. The van der Waals surface area contributed by atoms with Gasteiger partial charge in [-0.3, -0.25) is 4.57 Å². The van der Waals surface area contributed by atoms with Gasteiger partial charge in [0.15, 0.2) is 17.3 Å². The van der Waals surface area contributed by atoms with Gasteiger partial charge in [0.05, 0.1) is 12.4 Å². The van der Waals surface area contributed by atoms with E-state index in [1.807, 2.05) is 12.2 Å². The van der Waals surface area contributed by atoms with Crippen molar-refractivity contribution in [3.63, 3.8) is 0 Å². The van der Waals surface area contributed by atoms with Crippen molar-refractivity contribution in [2.75, 3.05) is 11.5 Å². The Balaban J connectivity index is 1.94. The van der Waals surface area contributed by atoms with Crippen LogP contribution < -0.4 is 5.73 Å². The highest BCUT2D eigenvalue weighted by Crippen LogP contribution is 2.38. The van der Waals surface area contributed by atoms with Crippen LogP contribution >= 0.6 is 11.8 Å². The molecule has 3 rings (SSSR count). The van der Waals surface area contributed by atoms with E-state index in [1.54, 1.807) is 10.9 Å². The fraction of sp³-hybridized carbons (Fsp3) is 0.533. The number of hydrogen-bond donors (Lipinski definition) is 3. The summed E-state index contributed by atoms with van der Waals surface area (Å²) in [5.41, 5.74) is 7.08. The molecule has 3 atom stereocenters. The lowest BCUT2D eigenvalue weighted by Gasteiger charge is -2.17. The van der Waals surface area contributed by atoms with Crippen molar-refractivity contribution in [3.8, 4) is 0 Å². The van der Waals surface area contributed by atoms with E-state index in [2.05, 4.69) is 21.9 Å². The van der Waals surface area contributed by atoms with Gasteiger partial charge in [-0.25, -0.2) is 15.0 Å². The molecule has 0 saturated carbocycles. The molecule has 3 heterocycles. The van der Waals surface area contributed by atoms with Gasteiger partial charge in [-0.1, -0.05) is 25.8 Å². The van der Waals surface area contributed by atoms with Crippen molar-refractivity contribution in [2.24, 2.45) is 0 Å². The molecule has 1 aliphatic heterocycles. The Bertz CT molecular complexity index is 717. The summed E-state index contributed by atoms with van der Waals surface area (Å²) >= 11 is 1.47. The van der Waals surface area contributed by atoms with E-state index in [0.717, 1.165) is 19.3 Å². The van der Waals surface area contributed by atoms with E-state index in [-0.39, 0.29) is 5.37 Å². The Kier molecular flexibility index (Phi) is 4.84. The lowest BCUT2D eigenvalue weighted by Crippen LogP contribution is -2.27. The van der Waals surface area contributed by atoms with Crippen molar-refractivity contribution in [1.82, 2.24) is 19.5 Å². The minimum atomic E-state index is -0.850. The lowest BCUT2D eigenvalue weighted by atomic mass is 10.2. The van der Waals surface area contributed by atoms with Gasteiger partial charge in [0.25, 0.3) is 0 Å². The van der Waals surface area contributed by atoms with Crippen LogP contribution in [0.15, 0.2) is 12.4 Å². The zero-order valence-electron chi connectivity index (χ0n) is 13.0. The fourth-order valence-corrected chi connectivity index (χ4v) is 3.84. The van der Waals surface area contributed by atoms with Crippen LogP contribution in [-0.4, -0.2) is 47.7 Å².